The van der Waals surface area contributed by atoms with Gasteiger partial charge in [-0.3, -0.25) is 9.59 Å². The van der Waals surface area contributed by atoms with E-state index in [9.17, 15) is 9.59 Å². The van der Waals surface area contributed by atoms with Gasteiger partial charge in [0.25, 0.3) is 5.91 Å². The number of nitrogens with one attached hydrogen (secondary N) is 2. The average molecular weight is 540 g/mol. The largest absolute Gasteiger partial charge is 0.380 e. The molecule has 208 valence electrons. The van der Waals surface area contributed by atoms with Crippen LogP contribution in [0.2, 0.25) is 0 Å². The van der Waals surface area contributed by atoms with Crippen molar-refractivity contribution in [1.82, 2.24) is 19.8 Å². The third kappa shape index (κ3) is 6.10. The molecule has 40 heavy (non-hydrogen) atoms. The average Bonchev–Trinajstić information content (AvgIpc) is 3.23. The molecule has 1 aliphatic heterocycles. The van der Waals surface area contributed by atoms with Crippen LogP contribution in [0.5, 0.6) is 0 Å². The highest BCUT2D eigenvalue weighted by Crippen LogP contribution is 2.25. The molecule has 4 N–H and O–H groups in total. The van der Waals surface area contributed by atoms with Crippen molar-refractivity contribution >= 4 is 34.2 Å². The molecule has 0 unspecified atom stereocenters. The first-order valence-corrected chi connectivity index (χ1v) is 13.7. The predicted molar refractivity (Wildman–Crippen MR) is 159 cm³/mol. The number of fused-ring (bicyclic) bond motifs is 1. The van der Waals surface area contributed by atoms with Crippen LogP contribution in [0.25, 0.3) is 10.9 Å². The normalized spacial score (nSPS) is 17.2. The molecular formula is C31H37N7O2. The highest BCUT2D eigenvalue weighted by atomic mass is 16.2. The lowest BCUT2D eigenvalue weighted by Gasteiger charge is -2.21. The summed E-state index contributed by atoms with van der Waals surface area (Å²) in [5.74, 6) is 0.306. The van der Waals surface area contributed by atoms with Crippen LogP contribution in [0, 0.1) is 0 Å². The van der Waals surface area contributed by atoms with E-state index in [1.165, 1.54) is 0 Å². The van der Waals surface area contributed by atoms with Gasteiger partial charge in [-0.2, -0.15) is 0 Å². The summed E-state index contributed by atoms with van der Waals surface area (Å²) in [7, 11) is 4.06. The molecule has 0 radical (unpaired) electrons. The third-order valence-corrected chi connectivity index (χ3v) is 7.60. The van der Waals surface area contributed by atoms with Gasteiger partial charge in [-0.15, -0.1) is 0 Å². The van der Waals surface area contributed by atoms with Crippen molar-refractivity contribution < 1.29 is 9.59 Å². The Morgan fingerprint density at radius 3 is 2.65 bits per heavy atom. The highest BCUT2D eigenvalue weighted by Gasteiger charge is 2.21. The van der Waals surface area contributed by atoms with Crippen molar-refractivity contribution in [3.63, 3.8) is 0 Å². The molecule has 5 rings (SSSR count). The van der Waals surface area contributed by atoms with E-state index in [0.29, 0.717) is 36.6 Å². The van der Waals surface area contributed by atoms with Crippen LogP contribution in [0.3, 0.4) is 0 Å². The lowest BCUT2D eigenvalue weighted by atomic mass is 10.00. The predicted octanol–water partition coefficient (Wildman–Crippen LogP) is 3.81. The first kappa shape index (κ1) is 27.2. The summed E-state index contributed by atoms with van der Waals surface area (Å²) < 4.78 is 2.09. The van der Waals surface area contributed by atoms with Crippen molar-refractivity contribution in [2.75, 3.05) is 36.9 Å². The Bertz CT molecular complexity index is 1510. The number of hydrogen-bond acceptors (Lipinski definition) is 6. The Balaban J connectivity index is 1.39. The molecular weight excluding hydrogens is 502 g/mol. The number of carbonyl (C=O) groups is 2. The Morgan fingerprint density at radius 1 is 1.02 bits per heavy atom. The first-order chi connectivity index (χ1) is 19.3. The smallest absolute Gasteiger partial charge is 0.250 e. The second-order valence-electron chi connectivity index (χ2n) is 10.6. The molecule has 3 aromatic rings. The Kier molecular flexibility index (Phi) is 8.02. The molecule has 9 nitrogen and oxygen atoms in total. The number of aryl methyl sites for hydroxylation is 1. The molecule has 0 atom stereocenters. The number of allylic oxidation sites excluding steroid dienone is 3. The van der Waals surface area contributed by atoms with Crippen LogP contribution < -0.4 is 21.3 Å². The maximum atomic E-state index is 12.6. The summed E-state index contributed by atoms with van der Waals surface area (Å²) in [6.45, 7) is 4.79. The van der Waals surface area contributed by atoms with Crippen LogP contribution in [0.15, 0.2) is 83.5 Å². The topological polar surface area (TPSA) is 109 Å². The van der Waals surface area contributed by atoms with Crippen molar-refractivity contribution in [1.29, 1.82) is 0 Å². The number of likely N-dealkylation sites (N-methyl/N-ethyl adjacent to an activating group) is 1. The molecule has 0 spiro atoms. The minimum atomic E-state index is -0.479. The second-order valence-corrected chi connectivity index (χ2v) is 10.6. The molecule has 0 bridgehead atoms. The number of anilines is 2. The van der Waals surface area contributed by atoms with Crippen LogP contribution in [-0.2, 0) is 23.2 Å². The Morgan fingerprint density at radius 2 is 1.88 bits per heavy atom. The molecule has 0 saturated carbocycles. The minimum absolute atomic E-state index is 0.114. The van der Waals surface area contributed by atoms with Gasteiger partial charge in [-0.1, -0.05) is 17.7 Å². The fraction of sp³-hybridized carbons (Fsp3) is 0.323. The molecule has 2 amide bonds. The fourth-order valence-corrected chi connectivity index (χ4v) is 5.20. The van der Waals surface area contributed by atoms with Crippen LogP contribution >= 0.6 is 0 Å². The second kappa shape index (κ2) is 11.8. The van der Waals surface area contributed by atoms with E-state index in [1.54, 1.807) is 11.1 Å². The molecule has 2 aliphatic rings. The Hall–Kier alpha value is -4.37. The van der Waals surface area contributed by atoms with E-state index in [1.807, 2.05) is 57.6 Å². The minimum Gasteiger partial charge on any atom is -0.380 e. The van der Waals surface area contributed by atoms with E-state index >= 15 is 0 Å². The zero-order valence-electron chi connectivity index (χ0n) is 23.4. The van der Waals surface area contributed by atoms with Gasteiger partial charge in [0.15, 0.2) is 0 Å². The summed E-state index contributed by atoms with van der Waals surface area (Å²) in [6.07, 6.45) is 9.64. The van der Waals surface area contributed by atoms with Crippen molar-refractivity contribution in [2.24, 2.45) is 12.8 Å². The molecule has 1 aliphatic carbocycles. The SMILES string of the molecule is CC1=CC(C(N)=O)=C(NCc2cccc3c2ccn3C)C=C(Nc2ccc(N3CCN(C)CCC3=O)cn2)CC1. The zero-order valence-corrected chi connectivity index (χ0v) is 23.4. The number of carbonyl (C=O) groups excluding carboxylic acids is 2. The van der Waals surface area contributed by atoms with Crippen LogP contribution in [0.1, 0.15) is 31.7 Å². The molecule has 1 fully saturated rings. The summed E-state index contributed by atoms with van der Waals surface area (Å²) in [6, 6.07) is 12.1. The maximum absolute atomic E-state index is 12.6. The van der Waals surface area contributed by atoms with E-state index < -0.39 is 5.91 Å². The lowest BCUT2D eigenvalue weighted by Crippen LogP contribution is -2.32. The van der Waals surface area contributed by atoms with E-state index in [0.717, 1.165) is 59.4 Å². The van der Waals surface area contributed by atoms with Gasteiger partial charge in [0.2, 0.25) is 5.91 Å². The van der Waals surface area contributed by atoms with Gasteiger partial charge in [0.05, 0.1) is 17.5 Å². The molecule has 9 heteroatoms. The number of primary amides is 1. The number of nitrogens with two attached hydrogens (primary N) is 1. The number of amides is 2. The van der Waals surface area contributed by atoms with Crippen molar-refractivity contribution in [3.8, 4) is 0 Å². The number of hydrogen-bond donors (Lipinski definition) is 3. The fourth-order valence-electron chi connectivity index (χ4n) is 5.20. The molecule has 3 heterocycles. The standard InChI is InChI=1S/C31H37N7O2/c1-21-7-8-23(35-29-10-9-24(20-34-29)38-16-15-36(2)13-12-30(38)39)18-27(26(17-21)31(32)40)33-19-22-5-4-6-28-25(22)11-14-37(28)3/h4-6,9-11,14,17-18,20,33H,7-8,12-13,15-16,19H2,1-3H3,(H2,32,40)(H,34,35). The van der Waals surface area contributed by atoms with Gasteiger partial charge in [0.1, 0.15) is 5.82 Å². The quantitative estimate of drug-likeness (QED) is 0.422. The third-order valence-electron chi connectivity index (χ3n) is 7.60. The number of rotatable bonds is 7. The van der Waals surface area contributed by atoms with Gasteiger partial charge in [-0.25, -0.2) is 4.98 Å². The lowest BCUT2D eigenvalue weighted by molar-refractivity contribution is -0.118. The van der Waals surface area contributed by atoms with Gasteiger partial charge in [0, 0.05) is 68.1 Å². The highest BCUT2D eigenvalue weighted by molar-refractivity contribution is 5.96. The summed E-state index contributed by atoms with van der Waals surface area (Å²) in [4.78, 5) is 33.7. The number of benzene rings is 1. The van der Waals surface area contributed by atoms with Crippen molar-refractivity contribution in [2.45, 2.75) is 32.7 Å². The molecule has 2 aromatic heterocycles. The molecule has 1 aromatic carbocycles. The van der Waals surface area contributed by atoms with E-state index in [4.69, 9.17) is 5.73 Å². The zero-order chi connectivity index (χ0) is 28.2. The van der Waals surface area contributed by atoms with E-state index in [2.05, 4.69) is 43.3 Å². The monoisotopic (exact) mass is 539 g/mol. The molecule has 1 saturated heterocycles. The van der Waals surface area contributed by atoms with Crippen LogP contribution in [-0.4, -0.2) is 52.9 Å². The van der Waals surface area contributed by atoms with E-state index in [-0.39, 0.29) is 5.91 Å². The Labute approximate surface area is 235 Å². The van der Waals surface area contributed by atoms with Gasteiger partial charge in [-0.05, 0) is 68.8 Å². The first-order valence-electron chi connectivity index (χ1n) is 13.7. The van der Waals surface area contributed by atoms with Gasteiger partial charge >= 0.3 is 0 Å². The summed E-state index contributed by atoms with van der Waals surface area (Å²) >= 11 is 0. The van der Waals surface area contributed by atoms with Crippen molar-refractivity contribution in [3.05, 3.63) is 89.0 Å². The summed E-state index contributed by atoms with van der Waals surface area (Å²) in [5, 5.41) is 8.08. The number of aromatic nitrogens is 2. The number of nitrogens with zero attached hydrogens (tertiary/aromatic N) is 4. The maximum Gasteiger partial charge on any atom is 0.250 e. The summed E-state index contributed by atoms with van der Waals surface area (Å²) in [5.41, 5.74) is 12.0. The van der Waals surface area contributed by atoms with Gasteiger partial charge < -0.3 is 30.7 Å². The van der Waals surface area contributed by atoms with Crippen LogP contribution in [0.4, 0.5) is 11.5 Å². The number of pyridine rings is 1.